The summed E-state index contributed by atoms with van der Waals surface area (Å²) < 4.78 is 12.0. The predicted molar refractivity (Wildman–Crippen MR) is 106 cm³/mol. The average molecular weight is 480 g/mol. The predicted octanol–water partition coefficient (Wildman–Crippen LogP) is 5.65. The molecule has 2 rings (SSSR count). The Bertz CT molecular complexity index is 753. The number of amides is 1. The Kier molecular flexibility index (Phi) is 7.01. The van der Waals surface area contributed by atoms with Crippen LogP contribution < -0.4 is 14.8 Å². The minimum Gasteiger partial charge on any atom is -0.490 e. The third-order valence-electron chi connectivity index (χ3n) is 3.06. The highest BCUT2D eigenvalue weighted by atomic mass is 127. The quantitative estimate of drug-likeness (QED) is 0.544. The zero-order valence-electron chi connectivity index (χ0n) is 13.2. The van der Waals surface area contributed by atoms with Crippen molar-refractivity contribution in [2.75, 3.05) is 18.5 Å². The van der Waals surface area contributed by atoms with E-state index in [0.717, 1.165) is 3.57 Å². The molecule has 0 unspecified atom stereocenters. The third-order valence-corrected chi connectivity index (χ3v) is 4.68. The summed E-state index contributed by atoms with van der Waals surface area (Å²) in [6.07, 6.45) is 0. The lowest BCUT2D eigenvalue weighted by molar-refractivity contribution is 0.102. The van der Waals surface area contributed by atoms with Gasteiger partial charge >= 0.3 is 0 Å². The molecule has 128 valence electrons. The number of ether oxygens (including phenoxy) is 2. The van der Waals surface area contributed by atoms with Gasteiger partial charge in [-0.05, 0) is 60.7 Å². The molecule has 0 heterocycles. The maximum Gasteiger partial charge on any atom is 0.255 e. The van der Waals surface area contributed by atoms with Crippen molar-refractivity contribution in [2.45, 2.75) is 13.8 Å². The van der Waals surface area contributed by atoms with Gasteiger partial charge in [0.1, 0.15) is 0 Å². The molecule has 7 heteroatoms. The lowest BCUT2D eigenvalue weighted by Gasteiger charge is -2.15. The summed E-state index contributed by atoms with van der Waals surface area (Å²) in [5, 5.41) is 3.44. The second kappa shape index (κ2) is 8.78. The zero-order chi connectivity index (χ0) is 17.7. The average Bonchev–Trinajstić information content (AvgIpc) is 2.55. The summed E-state index contributed by atoms with van der Waals surface area (Å²) in [4.78, 5) is 12.5. The first-order chi connectivity index (χ1) is 11.5. The summed E-state index contributed by atoms with van der Waals surface area (Å²) in [6, 6.07) is 8.46. The van der Waals surface area contributed by atoms with Crippen LogP contribution in [-0.4, -0.2) is 19.1 Å². The van der Waals surface area contributed by atoms with Gasteiger partial charge in [-0.1, -0.05) is 29.3 Å². The van der Waals surface area contributed by atoms with Crippen LogP contribution in [0, 0.1) is 3.57 Å². The number of anilines is 1. The van der Waals surface area contributed by atoms with Crippen molar-refractivity contribution in [1.82, 2.24) is 0 Å². The fourth-order valence-electron chi connectivity index (χ4n) is 2.04. The van der Waals surface area contributed by atoms with Crippen LogP contribution in [0.1, 0.15) is 24.2 Å². The molecule has 0 aliphatic heterocycles. The Morgan fingerprint density at radius 3 is 2.54 bits per heavy atom. The van der Waals surface area contributed by atoms with E-state index in [1.807, 2.05) is 13.8 Å². The first-order valence-electron chi connectivity index (χ1n) is 7.32. The van der Waals surface area contributed by atoms with E-state index in [1.165, 1.54) is 0 Å². The molecule has 0 saturated carbocycles. The molecule has 4 nitrogen and oxygen atoms in total. The van der Waals surface area contributed by atoms with Crippen molar-refractivity contribution in [2.24, 2.45) is 0 Å². The van der Waals surface area contributed by atoms with E-state index >= 15 is 0 Å². The Hall–Kier alpha value is -1.18. The Morgan fingerprint density at radius 2 is 1.88 bits per heavy atom. The normalized spacial score (nSPS) is 10.4. The molecular weight excluding hydrogens is 464 g/mol. The van der Waals surface area contributed by atoms with Crippen molar-refractivity contribution >= 4 is 57.4 Å². The number of benzene rings is 2. The minimum absolute atomic E-state index is 0.304. The van der Waals surface area contributed by atoms with Crippen molar-refractivity contribution in [3.8, 4) is 11.5 Å². The van der Waals surface area contributed by atoms with Crippen molar-refractivity contribution < 1.29 is 14.3 Å². The molecule has 0 fully saturated rings. The van der Waals surface area contributed by atoms with Crippen molar-refractivity contribution in [1.29, 1.82) is 0 Å². The maximum atomic E-state index is 12.5. The van der Waals surface area contributed by atoms with Gasteiger partial charge in [-0.2, -0.15) is 0 Å². The molecule has 0 bridgehead atoms. The van der Waals surface area contributed by atoms with Gasteiger partial charge in [-0.15, -0.1) is 0 Å². The van der Waals surface area contributed by atoms with E-state index in [2.05, 4.69) is 27.9 Å². The third kappa shape index (κ3) is 4.46. The van der Waals surface area contributed by atoms with E-state index in [9.17, 15) is 4.79 Å². The number of hydrogen-bond acceptors (Lipinski definition) is 3. The topological polar surface area (TPSA) is 47.6 Å². The molecule has 0 atom stereocenters. The highest BCUT2D eigenvalue weighted by Gasteiger charge is 2.17. The summed E-state index contributed by atoms with van der Waals surface area (Å²) in [5.74, 6) is 0.868. The molecule has 24 heavy (non-hydrogen) atoms. The van der Waals surface area contributed by atoms with Crippen molar-refractivity contribution in [3.05, 3.63) is 49.5 Å². The van der Waals surface area contributed by atoms with Gasteiger partial charge < -0.3 is 14.8 Å². The summed E-state index contributed by atoms with van der Waals surface area (Å²) in [6.45, 7) is 4.76. The lowest BCUT2D eigenvalue weighted by Crippen LogP contribution is -2.13. The van der Waals surface area contributed by atoms with Crippen LogP contribution in [0.3, 0.4) is 0 Å². The largest absolute Gasteiger partial charge is 0.490 e. The second-order valence-corrected chi connectivity index (χ2v) is 6.65. The van der Waals surface area contributed by atoms with Crippen LogP contribution in [0.15, 0.2) is 30.3 Å². The molecule has 0 radical (unpaired) electrons. The molecule has 0 saturated heterocycles. The molecule has 1 amide bonds. The van der Waals surface area contributed by atoms with Crippen LogP contribution in [0.5, 0.6) is 11.5 Å². The van der Waals surface area contributed by atoms with E-state index < -0.39 is 0 Å². The van der Waals surface area contributed by atoms with Gasteiger partial charge in [-0.25, -0.2) is 0 Å². The summed E-state index contributed by atoms with van der Waals surface area (Å²) in [5.41, 5.74) is 0.901. The first kappa shape index (κ1) is 19.1. The van der Waals surface area contributed by atoms with Crippen molar-refractivity contribution in [3.63, 3.8) is 0 Å². The number of rotatable bonds is 6. The Morgan fingerprint density at radius 1 is 1.17 bits per heavy atom. The molecule has 2 aromatic rings. The number of hydrogen-bond donors (Lipinski definition) is 1. The highest BCUT2D eigenvalue weighted by molar-refractivity contribution is 14.1. The Balaban J connectivity index is 2.33. The van der Waals surface area contributed by atoms with Gasteiger partial charge in [-0.3, -0.25) is 4.79 Å². The lowest BCUT2D eigenvalue weighted by atomic mass is 10.1. The second-order valence-electron chi connectivity index (χ2n) is 4.71. The summed E-state index contributed by atoms with van der Waals surface area (Å²) in [7, 11) is 0. The van der Waals surface area contributed by atoms with Crippen LogP contribution in [0.25, 0.3) is 0 Å². The van der Waals surface area contributed by atoms with Gasteiger partial charge in [0, 0.05) is 5.56 Å². The zero-order valence-corrected chi connectivity index (χ0v) is 16.8. The van der Waals surface area contributed by atoms with Crippen LogP contribution in [0.4, 0.5) is 5.69 Å². The van der Waals surface area contributed by atoms with Crippen LogP contribution in [-0.2, 0) is 0 Å². The number of halogens is 3. The summed E-state index contributed by atoms with van der Waals surface area (Å²) >= 11 is 14.2. The fraction of sp³-hybridized carbons (Fsp3) is 0.235. The highest BCUT2D eigenvalue weighted by Crippen LogP contribution is 2.35. The van der Waals surface area contributed by atoms with Gasteiger partial charge in [0.2, 0.25) is 0 Å². The molecule has 2 aromatic carbocycles. The molecular formula is C17H16Cl2INO3. The van der Waals surface area contributed by atoms with Gasteiger partial charge in [0.15, 0.2) is 11.5 Å². The van der Waals surface area contributed by atoms with Gasteiger partial charge in [0.05, 0.1) is 32.5 Å². The maximum absolute atomic E-state index is 12.5. The Labute approximate surface area is 164 Å². The SMILES string of the molecule is CCOc1cc(C(=O)Nc2cccc(Cl)c2Cl)cc(I)c1OCC. The molecule has 1 N–H and O–H groups in total. The molecule has 0 aliphatic rings. The van der Waals surface area contributed by atoms with Crippen LogP contribution in [0.2, 0.25) is 10.0 Å². The minimum atomic E-state index is -0.305. The van der Waals surface area contributed by atoms with Gasteiger partial charge in [0.25, 0.3) is 5.91 Å². The van der Waals surface area contributed by atoms with E-state index in [0.29, 0.717) is 46.0 Å². The molecule has 0 aromatic heterocycles. The van der Waals surface area contributed by atoms with E-state index in [-0.39, 0.29) is 5.91 Å². The molecule has 0 spiro atoms. The number of carbonyl (C=O) groups is 1. The first-order valence-corrected chi connectivity index (χ1v) is 9.15. The number of nitrogens with one attached hydrogen (secondary N) is 1. The monoisotopic (exact) mass is 479 g/mol. The fourth-order valence-corrected chi connectivity index (χ4v) is 3.15. The standard InChI is InChI=1S/C17H16Cl2INO3/c1-3-23-14-9-10(8-12(20)16(14)24-4-2)17(22)21-13-7-5-6-11(18)15(13)19/h5-9H,3-4H2,1-2H3,(H,21,22). The van der Waals surface area contributed by atoms with E-state index in [1.54, 1.807) is 30.3 Å². The smallest absolute Gasteiger partial charge is 0.255 e. The number of carbonyl (C=O) groups excluding carboxylic acids is 1. The van der Waals surface area contributed by atoms with E-state index in [4.69, 9.17) is 32.7 Å². The van der Waals surface area contributed by atoms with Crippen LogP contribution >= 0.6 is 45.8 Å². The molecule has 0 aliphatic carbocycles.